The maximum absolute atomic E-state index is 13.3. The van der Waals surface area contributed by atoms with E-state index in [1.165, 1.54) is 18.2 Å². The van der Waals surface area contributed by atoms with Crippen LogP contribution in [0.4, 0.5) is 4.79 Å². The van der Waals surface area contributed by atoms with Crippen molar-refractivity contribution in [2.24, 2.45) is 7.05 Å². The second-order valence-corrected chi connectivity index (χ2v) is 15.8. The minimum Gasteiger partial charge on any atom is -0.496 e. The smallest absolute Gasteiger partial charge is 0.317 e. The summed E-state index contributed by atoms with van der Waals surface area (Å²) in [7, 11) is 8.96. The highest BCUT2D eigenvalue weighted by Crippen LogP contribution is 2.38. The van der Waals surface area contributed by atoms with Crippen LogP contribution in [0.1, 0.15) is 88.8 Å². The van der Waals surface area contributed by atoms with Crippen LogP contribution in [0, 0.1) is 0 Å². The molecule has 1 atom stereocenters. The molecule has 1 unspecified atom stereocenters. The summed E-state index contributed by atoms with van der Waals surface area (Å²) in [5.41, 5.74) is 4.20. The number of aromatic nitrogens is 1. The molecule has 1 fully saturated rings. The lowest BCUT2D eigenvalue weighted by molar-refractivity contribution is -0.136. The fourth-order valence-corrected chi connectivity index (χ4v) is 8.12. The SMILES string of the molecule is COc1cc(-c2cn(C)c(=O)c3c2CCN(C(=O)NCCCCCCCCNC(=O)COc2cccc4c2C(=O)N(C2CCC(=O)NC2=O)C4=O)C3)cc(OC)c1CN(C)C. The molecule has 3 N–H and O–H groups in total. The maximum atomic E-state index is 13.3. The molecule has 2 aromatic carbocycles. The first kappa shape index (κ1) is 44.3. The van der Waals surface area contributed by atoms with Gasteiger partial charge in [0.2, 0.25) is 11.8 Å². The Kier molecular flexibility index (Phi) is 14.5. The lowest BCUT2D eigenvalue weighted by atomic mass is 9.91. The van der Waals surface area contributed by atoms with Crippen LogP contribution >= 0.6 is 0 Å². The first-order valence-corrected chi connectivity index (χ1v) is 20.7. The molecular formula is C44H55N7O10. The molecule has 17 nitrogen and oxygen atoms in total. The maximum Gasteiger partial charge on any atom is 0.317 e. The molecule has 0 radical (unpaired) electrons. The van der Waals surface area contributed by atoms with Crippen molar-refractivity contribution in [2.75, 3.05) is 54.6 Å². The van der Waals surface area contributed by atoms with Gasteiger partial charge in [-0.15, -0.1) is 0 Å². The fourth-order valence-electron chi connectivity index (χ4n) is 8.12. The summed E-state index contributed by atoms with van der Waals surface area (Å²) in [6, 6.07) is 7.16. The molecule has 3 aliphatic heterocycles. The van der Waals surface area contributed by atoms with E-state index in [0.717, 1.165) is 65.7 Å². The Bertz CT molecular complexity index is 2230. The second-order valence-electron chi connectivity index (χ2n) is 15.8. The molecule has 17 heteroatoms. The number of amides is 7. The molecule has 1 aromatic heterocycles. The van der Waals surface area contributed by atoms with Gasteiger partial charge in [0.05, 0.1) is 37.5 Å². The summed E-state index contributed by atoms with van der Waals surface area (Å²) in [6.07, 6.45) is 7.76. The number of benzene rings is 2. The summed E-state index contributed by atoms with van der Waals surface area (Å²) in [4.78, 5) is 93.8. The first-order chi connectivity index (χ1) is 29.3. The van der Waals surface area contributed by atoms with Gasteiger partial charge in [-0.2, -0.15) is 0 Å². The average Bonchev–Trinajstić information content (AvgIpc) is 3.50. The number of unbranched alkanes of at least 4 members (excludes halogenated alkanes) is 5. The number of nitrogens with zero attached hydrogens (tertiary/aromatic N) is 4. The highest BCUT2D eigenvalue weighted by Gasteiger charge is 2.46. The van der Waals surface area contributed by atoms with Gasteiger partial charge in [0.1, 0.15) is 23.3 Å². The molecule has 1 saturated heterocycles. The third-order valence-electron chi connectivity index (χ3n) is 11.2. The Morgan fingerprint density at radius 2 is 1.51 bits per heavy atom. The van der Waals surface area contributed by atoms with Crippen molar-refractivity contribution >= 4 is 35.6 Å². The minimum absolute atomic E-state index is 0.00941. The molecule has 3 aliphatic rings. The van der Waals surface area contributed by atoms with Crippen molar-refractivity contribution < 1.29 is 43.0 Å². The number of urea groups is 1. The van der Waals surface area contributed by atoms with E-state index in [2.05, 4.69) is 16.0 Å². The number of pyridine rings is 1. The fraction of sp³-hybridized carbons (Fsp3) is 0.477. The predicted octanol–water partition coefficient (Wildman–Crippen LogP) is 3.14. The molecule has 0 aliphatic carbocycles. The molecule has 326 valence electrons. The molecule has 0 saturated carbocycles. The predicted molar refractivity (Wildman–Crippen MR) is 224 cm³/mol. The first-order valence-electron chi connectivity index (χ1n) is 20.7. The largest absolute Gasteiger partial charge is 0.496 e. The van der Waals surface area contributed by atoms with E-state index in [1.54, 1.807) is 30.7 Å². The number of fused-ring (bicyclic) bond motifs is 2. The standard InChI is InChI=1S/C44H55N7O10/c1-48(2)23-32-35(59-4)21-27(22-36(32)60-5)30-24-49(3)41(55)31-25-50(20-17-28(30)31)44(58)46-19-11-9-7-6-8-10-18-45-38(53)26-61-34-14-12-13-29-39(34)43(57)51(42(29)56)33-15-16-37(52)47-40(33)54/h12-14,21-22,24,33H,6-11,15-20,23,25-26H2,1-5H3,(H,45,53)(H,46,58)(H,47,52,54). The van der Waals surface area contributed by atoms with E-state index < -0.39 is 29.7 Å². The van der Waals surface area contributed by atoms with Gasteiger partial charge in [-0.05, 0) is 75.2 Å². The van der Waals surface area contributed by atoms with Gasteiger partial charge in [0.15, 0.2) is 6.61 Å². The van der Waals surface area contributed by atoms with Crippen molar-refractivity contribution in [3.05, 3.63) is 74.7 Å². The quantitative estimate of drug-likeness (QED) is 0.126. The minimum atomic E-state index is -1.10. The van der Waals surface area contributed by atoms with Crippen molar-refractivity contribution in [2.45, 2.75) is 76.9 Å². The zero-order valence-corrected chi connectivity index (χ0v) is 35.5. The van der Waals surface area contributed by atoms with Crippen LogP contribution in [0.2, 0.25) is 0 Å². The topological polar surface area (TPSA) is 198 Å². The van der Waals surface area contributed by atoms with Crippen LogP contribution in [0.3, 0.4) is 0 Å². The van der Waals surface area contributed by atoms with Crippen molar-refractivity contribution in [1.82, 2.24) is 35.2 Å². The Hall–Kier alpha value is -6.23. The monoisotopic (exact) mass is 841 g/mol. The molecule has 3 aromatic rings. The number of methoxy groups -OCH3 is 2. The normalized spacial score (nSPS) is 16.0. The van der Waals surface area contributed by atoms with Crippen LogP contribution in [0.15, 0.2) is 41.3 Å². The Balaban J connectivity index is 0.884. The molecule has 0 bridgehead atoms. The van der Waals surface area contributed by atoms with E-state index >= 15 is 0 Å². The van der Waals surface area contributed by atoms with E-state index in [9.17, 15) is 33.6 Å². The van der Waals surface area contributed by atoms with Gasteiger partial charge in [-0.3, -0.25) is 39.0 Å². The molecule has 6 rings (SSSR count). The zero-order chi connectivity index (χ0) is 43.8. The van der Waals surface area contributed by atoms with E-state index in [1.807, 2.05) is 37.3 Å². The Morgan fingerprint density at radius 1 is 0.836 bits per heavy atom. The Labute approximate surface area is 354 Å². The van der Waals surface area contributed by atoms with Crippen molar-refractivity contribution in [1.29, 1.82) is 0 Å². The van der Waals surface area contributed by atoms with Gasteiger partial charge in [-0.25, -0.2) is 4.79 Å². The number of carbonyl (C=O) groups is 6. The summed E-state index contributed by atoms with van der Waals surface area (Å²) >= 11 is 0. The van der Waals surface area contributed by atoms with Gasteiger partial charge in [0.25, 0.3) is 23.3 Å². The van der Waals surface area contributed by atoms with E-state index in [0.29, 0.717) is 49.7 Å². The number of carbonyl (C=O) groups excluding carboxylic acids is 6. The number of piperidine rings is 1. The number of hydrogen-bond acceptors (Lipinski definition) is 11. The van der Waals surface area contributed by atoms with Crippen LogP contribution in [0.25, 0.3) is 11.1 Å². The van der Waals surface area contributed by atoms with Gasteiger partial charge in [0, 0.05) is 57.0 Å². The number of rotatable bonds is 18. The number of aryl methyl sites for hydroxylation is 1. The van der Waals surface area contributed by atoms with E-state index in [-0.39, 0.29) is 60.4 Å². The number of hydrogen-bond donors (Lipinski definition) is 3. The summed E-state index contributed by atoms with van der Waals surface area (Å²) < 4.78 is 18.7. The lowest BCUT2D eigenvalue weighted by Crippen LogP contribution is -2.54. The van der Waals surface area contributed by atoms with Crippen LogP contribution in [0.5, 0.6) is 17.2 Å². The second kappa shape index (κ2) is 19.9. The third-order valence-corrected chi connectivity index (χ3v) is 11.2. The summed E-state index contributed by atoms with van der Waals surface area (Å²) in [5.74, 6) is -1.42. The molecule has 4 heterocycles. The number of nitrogens with one attached hydrogen (secondary N) is 3. The van der Waals surface area contributed by atoms with Gasteiger partial charge in [-0.1, -0.05) is 31.7 Å². The number of imide groups is 2. The summed E-state index contributed by atoms with van der Waals surface area (Å²) in [5, 5.41) is 8.00. The van der Waals surface area contributed by atoms with Gasteiger partial charge < -0.3 is 39.2 Å². The summed E-state index contributed by atoms with van der Waals surface area (Å²) in [6.45, 7) is 1.94. The number of ether oxygens (including phenoxy) is 3. The molecule has 0 spiro atoms. The highest BCUT2D eigenvalue weighted by atomic mass is 16.5. The van der Waals surface area contributed by atoms with E-state index in [4.69, 9.17) is 14.2 Å². The van der Waals surface area contributed by atoms with Crippen LogP contribution in [-0.2, 0) is 40.9 Å². The average molecular weight is 842 g/mol. The molecule has 7 amide bonds. The zero-order valence-electron chi connectivity index (χ0n) is 35.5. The molecular weight excluding hydrogens is 787 g/mol. The van der Waals surface area contributed by atoms with Crippen molar-refractivity contribution in [3.63, 3.8) is 0 Å². The lowest BCUT2D eigenvalue weighted by Gasteiger charge is -2.30. The highest BCUT2D eigenvalue weighted by molar-refractivity contribution is 6.24. The van der Waals surface area contributed by atoms with Crippen molar-refractivity contribution in [3.8, 4) is 28.4 Å². The van der Waals surface area contributed by atoms with Gasteiger partial charge >= 0.3 is 6.03 Å². The van der Waals surface area contributed by atoms with Crippen LogP contribution < -0.4 is 35.7 Å². The molecule has 61 heavy (non-hydrogen) atoms. The third kappa shape index (κ3) is 10.0. The Morgan fingerprint density at radius 3 is 2.16 bits per heavy atom. The van der Waals surface area contributed by atoms with Crippen LogP contribution in [-0.4, -0.2) is 115 Å².